The average Bonchev–Trinajstić information content (AvgIpc) is 3.56. The first-order chi connectivity index (χ1) is 14.4. The molecule has 0 aromatic rings. The van der Waals surface area contributed by atoms with Crippen LogP contribution in [0.4, 0.5) is 0 Å². The summed E-state index contributed by atoms with van der Waals surface area (Å²) in [6.07, 6.45) is 6.43. The second kappa shape index (κ2) is 20.9. The highest BCUT2D eigenvalue weighted by atomic mass is 16.6. The maximum atomic E-state index is 8.56. The molecule has 0 aromatic heterocycles. The minimum atomic E-state index is 0.0391. The summed E-state index contributed by atoms with van der Waals surface area (Å²) in [5.74, 6) is 0. The van der Waals surface area contributed by atoms with Crippen molar-refractivity contribution >= 4 is 0 Å². The summed E-state index contributed by atoms with van der Waals surface area (Å²) >= 11 is 0. The molecule has 174 valence electrons. The number of ether oxygens (including phenoxy) is 7. The first kappa shape index (κ1) is 26.7. The smallest absolute Gasteiger partial charge is 0.104 e. The van der Waals surface area contributed by atoms with Crippen molar-refractivity contribution in [3.63, 3.8) is 0 Å². The van der Waals surface area contributed by atoms with Gasteiger partial charge in [-0.15, -0.1) is 0 Å². The van der Waals surface area contributed by atoms with E-state index >= 15 is 0 Å². The van der Waals surface area contributed by atoms with E-state index in [1.54, 1.807) is 0 Å². The van der Waals surface area contributed by atoms with Gasteiger partial charge < -0.3 is 38.3 Å². The number of aliphatic hydroxyl groups is 1. The van der Waals surface area contributed by atoms with Crippen LogP contribution in [0.1, 0.15) is 39.0 Å². The Balaban J connectivity index is 1.84. The molecule has 0 aliphatic carbocycles. The van der Waals surface area contributed by atoms with Gasteiger partial charge in [-0.25, -0.2) is 0 Å². The third-order valence-corrected chi connectivity index (χ3v) is 4.33. The molecule has 8 heteroatoms. The van der Waals surface area contributed by atoms with Gasteiger partial charge >= 0.3 is 0 Å². The van der Waals surface area contributed by atoms with E-state index in [1.165, 1.54) is 25.7 Å². The molecule has 29 heavy (non-hydrogen) atoms. The lowest BCUT2D eigenvalue weighted by Crippen LogP contribution is -2.23. The molecule has 1 saturated heterocycles. The minimum absolute atomic E-state index is 0.0391. The number of hydrogen-bond donors (Lipinski definition) is 1. The van der Waals surface area contributed by atoms with Gasteiger partial charge in [-0.2, -0.15) is 0 Å². The Morgan fingerprint density at radius 1 is 0.793 bits per heavy atom. The molecule has 1 heterocycles. The largest absolute Gasteiger partial charge is 0.394 e. The summed E-state index contributed by atoms with van der Waals surface area (Å²) in [6.45, 7) is 8.96. The van der Waals surface area contributed by atoms with E-state index in [-0.39, 0.29) is 12.7 Å². The first-order valence-electron chi connectivity index (χ1n) is 11.1. The SMILES string of the molecule is CCCCCCC(COCCOCCOCCOCCOCCO)OCC1CO1. The highest BCUT2D eigenvalue weighted by Crippen LogP contribution is 2.14. The molecule has 1 aliphatic rings. The monoisotopic (exact) mass is 422 g/mol. The number of rotatable bonds is 24. The van der Waals surface area contributed by atoms with E-state index in [1.807, 2.05) is 0 Å². The van der Waals surface area contributed by atoms with Gasteiger partial charge in [-0.05, 0) is 6.42 Å². The summed E-state index contributed by atoms with van der Waals surface area (Å²) in [7, 11) is 0. The molecule has 1 aliphatic heterocycles. The molecule has 2 unspecified atom stereocenters. The Morgan fingerprint density at radius 2 is 1.34 bits per heavy atom. The minimum Gasteiger partial charge on any atom is -0.394 e. The zero-order valence-corrected chi connectivity index (χ0v) is 18.2. The van der Waals surface area contributed by atoms with E-state index in [0.29, 0.717) is 78.8 Å². The zero-order chi connectivity index (χ0) is 20.8. The van der Waals surface area contributed by atoms with Gasteiger partial charge in [0.05, 0.1) is 92.0 Å². The Hall–Kier alpha value is -0.320. The van der Waals surface area contributed by atoms with Crippen LogP contribution in [0, 0.1) is 0 Å². The van der Waals surface area contributed by atoms with Gasteiger partial charge in [0.25, 0.3) is 0 Å². The molecule has 0 spiro atoms. The van der Waals surface area contributed by atoms with E-state index in [4.69, 9.17) is 38.3 Å². The lowest BCUT2D eigenvalue weighted by atomic mass is 10.1. The topological polar surface area (TPSA) is 88.1 Å². The van der Waals surface area contributed by atoms with Gasteiger partial charge in [-0.3, -0.25) is 0 Å². The van der Waals surface area contributed by atoms with Crippen LogP contribution in [0.2, 0.25) is 0 Å². The van der Waals surface area contributed by atoms with Gasteiger partial charge in [-0.1, -0.05) is 32.6 Å². The van der Waals surface area contributed by atoms with E-state index < -0.39 is 0 Å². The Labute approximate surface area is 176 Å². The summed E-state index contributed by atoms with van der Waals surface area (Å²) in [6, 6.07) is 0. The van der Waals surface area contributed by atoms with Crippen molar-refractivity contribution in [1.82, 2.24) is 0 Å². The van der Waals surface area contributed by atoms with E-state index in [0.717, 1.165) is 13.0 Å². The van der Waals surface area contributed by atoms with Gasteiger partial charge in [0.2, 0.25) is 0 Å². The third kappa shape index (κ3) is 19.4. The summed E-state index contributed by atoms with van der Waals surface area (Å²) in [5, 5.41) is 8.56. The molecule has 0 aromatic carbocycles. The van der Waals surface area contributed by atoms with Crippen LogP contribution in [-0.4, -0.2) is 103 Å². The molecule has 0 radical (unpaired) electrons. The molecule has 2 atom stereocenters. The molecule has 0 bridgehead atoms. The molecule has 1 rings (SSSR count). The standard InChI is InChI=1S/C21H42O8/c1-2-3-4-5-6-20(28-18-21-19-29-21)17-27-16-15-26-14-13-25-12-11-24-10-9-23-8-7-22/h20-22H,2-19H2,1H3. The van der Waals surface area contributed by atoms with Crippen molar-refractivity contribution in [1.29, 1.82) is 0 Å². The molecular formula is C21H42O8. The number of unbranched alkanes of at least 4 members (excludes halogenated alkanes) is 3. The fourth-order valence-corrected chi connectivity index (χ4v) is 2.58. The second-order valence-electron chi connectivity index (χ2n) is 7.01. The first-order valence-corrected chi connectivity index (χ1v) is 11.1. The van der Waals surface area contributed by atoms with Crippen LogP contribution in [0.3, 0.4) is 0 Å². The summed E-state index contributed by atoms with van der Waals surface area (Å²) < 4.78 is 38.2. The van der Waals surface area contributed by atoms with Crippen LogP contribution in [0.5, 0.6) is 0 Å². The van der Waals surface area contributed by atoms with Crippen molar-refractivity contribution in [2.24, 2.45) is 0 Å². The second-order valence-corrected chi connectivity index (χ2v) is 7.01. The average molecular weight is 423 g/mol. The molecule has 0 amide bonds. The van der Waals surface area contributed by atoms with Crippen LogP contribution in [0.15, 0.2) is 0 Å². The Bertz CT molecular complexity index is 328. The fraction of sp³-hybridized carbons (Fsp3) is 1.00. The van der Waals surface area contributed by atoms with Crippen molar-refractivity contribution in [3.05, 3.63) is 0 Å². The lowest BCUT2D eigenvalue weighted by Gasteiger charge is -2.17. The quantitative estimate of drug-likeness (QED) is 0.186. The number of aliphatic hydroxyl groups excluding tert-OH is 1. The predicted octanol–water partition coefficient (Wildman–Crippen LogP) is 1.82. The van der Waals surface area contributed by atoms with Gasteiger partial charge in [0, 0.05) is 0 Å². The van der Waals surface area contributed by atoms with Crippen molar-refractivity contribution in [2.45, 2.75) is 51.2 Å². The zero-order valence-electron chi connectivity index (χ0n) is 18.2. The highest BCUT2D eigenvalue weighted by molar-refractivity contribution is 4.69. The number of epoxide rings is 1. The molecule has 8 nitrogen and oxygen atoms in total. The van der Waals surface area contributed by atoms with Crippen LogP contribution >= 0.6 is 0 Å². The maximum Gasteiger partial charge on any atom is 0.104 e. The Kier molecular flexibility index (Phi) is 19.3. The van der Waals surface area contributed by atoms with Crippen molar-refractivity contribution in [2.75, 3.05) is 85.9 Å². The van der Waals surface area contributed by atoms with Gasteiger partial charge in [0.15, 0.2) is 0 Å². The fourth-order valence-electron chi connectivity index (χ4n) is 2.58. The number of hydrogen-bond acceptors (Lipinski definition) is 8. The van der Waals surface area contributed by atoms with E-state index in [2.05, 4.69) is 6.92 Å². The van der Waals surface area contributed by atoms with Crippen LogP contribution < -0.4 is 0 Å². The van der Waals surface area contributed by atoms with Crippen molar-refractivity contribution in [3.8, 4) is 0 Å². The molecular weight excluding hydrogens is 380 g/mol. The normalized spacial score (nSPS) is 17.0. The third-order valence-electron chi connectivity index (χ3n) is 4.33. The molecule has 1 N–H and O–H groups in total. The molecule has 0 saturated carbocycles. The summed E-state index contributed by atoms with van der Waals surface area (Å²) in [5.41, 5.74) is 0. The summed E-state index contributed by atoms with van der Waals surface area (Å²) in [4.78, 5) is 0. The lowest BCUT2D eigenvalue weighted by molar-refractivity contribution is -0.0448. The highest BCUT2D eigenvalue weighted by Gasteiger charge is 2.24. The van der Waals surface area contributed by atoms with Crippen LogP contribution in [0.25, 0.3) is 0 Å². The molecule has 1 fully saturated rings. The van der Waals surface area contributed by atoms with Crippen molar-refractivity contribution < 1.29 is 38.3 Å². The maximum absolute atomic E-state index is 8.56. The van der Waals surface area contributed by atoms with Gasteiger partial charge in [0.1, 0.15) is 6.10 Å². The van der Waals surface area contributed by atoms with Crippen LogP contribution in [-0.2, 0) is 33.2 Å². The Morgan fingerprint density at radius 3 is 1.86 bits per heavy atom. The van der Waals surface area contributed by atoms with E-state index in [9.17, 15) is 0 Å². The predicted molar refractivity (Wildman–Crippen MR) is 109 cm³/mol.